The van der Waals surface area contributed by atoms with Gasteiger partial charge in [-0.1, -0.05) is 17.8 Å². The topological polar surface area (TPSA) is 95.9 Å². The maximum atomic E-state index is 13.3. The van der Waals surface area contributed by atoms with E-state index >= 15 is 0 Å². The molecule has 0 bridgehead atoms. The number of hydrogen-bond acceptors (Lipinski definition) is 7. The summed E-state index contributed by atoms with van der Waals surface area (Å²) in [6, 6.07) is 9.59. The molecule has 4 rings (SSSR count). The van der Waals surface area contributed by atoms with Crippen molar-refractivity contribution in [3.8, 4) is 23.0 Å². The van der Waals surface area contributed by atoms with E-state index in [-0.39, 0.29) is 5.82 Å². The van der Waals surface area contributed by atoms with E-state index in [9.17, 15) is 4.39 Å². The zero-order valence-electron chi connectivity index (χ0n) is 12.8. The van der Waals surface area contributed by atoms with Crippen LogP contribution in [0, 0.1) is 5.82 Å². The molecule has 0 aliphatic rings. The molecule has 9 heteroatoms. The van der Waals surface area contributed by atoms with Gasteiger partial charge in [0.05, 0.1) is 12.0 Å². The van der Waals surface area contributed by atoms with Crippen molar-refractivity contribution in [1.29, 1.82) is 0 Å². The largest absolute Gasteiger partial charge is 0.461 e. The zero-order chi connectivity index (χ0) is 17.2. The van der Waals surface area contributed by atoms with Gasteiger partial charge in [0.15, 0.2) is 5.76 Å². The molecule has 0 saturated heterocycles. The van der Waals surface area contributed by atoms with Gasteiger partial charge in [-0.25, -0.2) is 14.1 Å². The molecule has 0 unspecified atom stereocenters. The van der Waals surface area contributed by atoms with E-state index in [1.54, 1.807) is 30.5 Å². The fourth-order valence-corrected chi connectivity index (χ4v) is 2.95. The summed E-state index contributed by atoms with van der Waals surface area (Å²) in [6.45, 7) is 0. The van der Waals surface area contributed by atoms with E-state index in [1.807, 2.05) is 0 Å². The first-order valence-electron chi connectivity index (χ1n) is 7.28. The Bertz CT molecular complexity index is 996. The molecule has 0 fully saturated rings. The standard InChI is InChI=1S/C16H12FN5O2S/c17-11-4-1-3-10(7-11)15-19-12(8-24-15)9-25-16-21-20-14(22(16)18)13-5-2-6-23-13/h1-8H,9,18H2. The summed E-state index contributed by atoms with van der Waals surface area (Å²) in [5.74, 6) is 7.47. The molecule has 0 aliphatic heterocycles. The van der Waals surface area contributed by atoms with Gasteiger partial charge in [-0.3, -0.25) is 0 Å². The van der Waals surface area contributed by atoms with Crippen molar-refractivity contribution in [2.75, 3.05) is 5.84 Å². The Labute approximate surface area is 145 Å². The van der Waals surface area contributed by atoms with Gasteiger partial charge in [-0.05, 0) is 30.3 Å². The number of nitrogen functional groups attached to an aromatic ring is 1. The second-order valence-corrected chi connectivity index (χ2v) is 6.04. The first-order chi connectivity index (χ1) is 12.2. The summed E-state index contributed by atoms with van der Waals surface area (Å²) in [7, 11) is 0. The van der Waals surface area contributed by atoms with E-state index in [0.29, 0.717) is 39.6 Å². The predicted octanol–water partition coefficient (Wildman–Crippen LogP) is 3.34. The number of nitrogens with two attached hydrogens (primary N) is 1. The van der Waals surface area contributed by atoms with Gasteiger partial charge in [0.1, 0.15) is 12.1 Å². The van der Waals surface area contributed by atoms with Crippen LogP contribution >= 0.6 is 11.8 Å². The predicted molar refractivity (Wildman–Crippen MR) is 89.3 cm³/mol. The lowest BCUT2D eigenvalue weighted by atomic mass is 10.2. The van der Waals surface area contributed by atoms with Gasteiger partial charge >= 0.3 is 0 Å². The van der Waals surface area contributed by atoms with Crippen molar-refractivity contribution in [2.45, 2.75) is 10.9 Å². The highest BCUT2D eigenvalue weighted by Crippen LogP contribution is 2.26. The first-order valence-corrected chi connectivity index (χ1v) is 8.27. The minimum atomic E-state index is -0.340. The molecule has 0 atom stereocenters. The van der Waals surface area contributed by atoms with Crippen LogP contribution < -0.4 is 5.84 Å². The average Bonchev–Trinajstić information content (AvgIpc) is 3.34. The number of rotatable bonds is 5. The molecule has 126 valence electrons. The Kier molecular flexibility index (Phi) is 3.98. The molecule has 0 radical (unpaired) electrons. The van der Waals surface area contributed by atoms with Crippen LogP contribution in [0.4, 0.5) is 4.39 Å². The second-order valence-electron chi connectivity index (χ2n) is 5.10. The molecule has 1 aromatic carbocycles. The number of thioether (sulfide) groups is 1. The van der Waals surface area contributed by atoms with Crippen LogP contribution in [0.2, 0.25) is 0 Å². The highest BCUT2D eigenvalue weighted by molar-refractivity contribution is 7.98. The Morgan fingerprint density at radius 1 is 1.16 bits per heavy atom. The van der Waals surface area contributed by atoms with Crippen LogP contribution in [-0.4, -0.2) is 19.9 Å². The summed E-state index contributed by atoms with van der Waals surface area (Å²) >= 11 is 1.36. The monoisotopic (exact) mass is 357 g/mol. The van der Waals surface area contributed by atoms with E-state index in [0.717, 1.165) is 0 Å². The van der Waals surface area contributed by atoms with Gasteiger partial charge in [0.25, 0.3) is 0 Å². The number of furan rings is 1. The normalized spacial score (nSPS) is 11.1. The number of halogens is 1. The Balaban J connectivity index is 1.48. The third kappa shape index (κ3) is 3.13. The molecule has 4 aromatic rings. The van der Waals surface area contributed by atoms with Crippen molar-refractivity contribution in [1.82, 2.24) is 19.9 Å². The molecule has 7 nitrogen and oxygen atoms in total. The van der Waals surface area contributed by atoms with Crippen molar-refractivity contribution >= 4 is 11.8 Å². The SMILES string of the molecule is Nn1c(SCc2coc(-c3cccc(F)c3)n2)nnc1-c1ccco1. The van der Waals surface area contributed by atoms with Crippen LogP contribution in [-0.2, 0) is 5.75 Å². The number of nitrogens with zero attached hydrogens (tertiary/aromatic N) is 4. The zero-order valence-corrected chi connectivity index (χ0v) is 13.6. The molecule has 3 heterocycles. The van der Waals surface area contributed by atoms with Crippen LogP contribution in [0.25, 0.3) is 23.0 Å². The van der Waals surface area contributed by atoms with Gasteiger partial charge in [0, 0.05) is 11.3 Å². The van der Waals surface area contributed by atoms with Gasteiger partial charge in [-0.15, -0.1) is 10.2 Å². The minimum absolute atomic E-state index is 0.340. The summed E-state index contributed by atoms with van der Waals surface area (Å²) in [6.07, 6.45) is 3.07. The van der Waals surface area contributed by atoms with Gasteiger partial charge in [-0.2, -0.15) is 0 Å². The fraction of sp³-hybridized carbons (Fsp3) is 0.0625. The highest BCUT2D eigenvalue weighted by atomic mass is 32.2. The van der Waals surface area contributed by atoms with E-state index in [1.165, 1.54) is 34.8 Å². The summed E-state index contributed by atoms with van der Waals surface area (Å²) in [5.41, 5.74) is 1.27. The molecular weight excluding hydrogens is 345 g/mol. The molecular formula is C16H12FN5O2S. The third-order valence-electron chi connectivity index (χ3n) is 3.38. The fourth-order valence-electron chi connectivity index (χ4n) is 2.22. The summed E-state index contributed by atoms with van der Waals surface area (Å²) in [5, 5.41) is 8.58. The molecule has 2 N–H and O–H groups in total. The van der Waals surface area contributed by atoms with Crippen molar-refractivity contribution in [3.63, 3.8) is 0 Å². The molecule has 0 spiro atoms. The van der Waals surface area contributed by atoms with Gasteiger partial charge < -0.3 is 14.7 Å². The number of oxazole rings is 1. The quantitative estimate of drug-likeness (QED) is 0.432. The molecule has 0 amide bonds. The third-order valence-corrected chi connectivity index (χ3v) is 4.36. The Morgan fingerprint density at radius 3 is 2.88 bits per heavy atom. The van der Waals surface area contributed by atoms with E-state index < -0.39 is 0 Å². The van der Waals surface area contributed by atoms with Crippen molar-refractivity contribution < 1.29 is 13.2 Å². The van der Waals surface area contributed by atoms with Gasteiger partial charge in [0.2, 0.25) is 16.9 Å². The molecule has 25 heavy (non-hydrogen) atoms. The van der Waals surface area contributed by atoms with Crippen LogP contribution in [0.15, 0.2) is 62.9 Å². The minimum Gasteiger partial charge on any atom is -0.461 e. The van der Waals surface area contributed by atoms with E-state index in [2.05, 4.69) is 15.2 Å². The van der Waals surface area contributed by atoms with Crippen LogP contribution in [0.3, 0.4) is 0 Å². The first kappa shape index (κ1) is 15.5. The number of hydrogen-bond donors (Lipinski definition) is 1. The lowest BCUT2D eigenvalue weighted by molar-refractivity contribution is 0.571. The average molecular weight is 357 g/mol. The summed E-state index contributed by atoms with van der Waals surface area (Å²) < 4.78 is 25.3. The van der Waals surface area contributed by atoms with Crippen molar-refractivity contribution in [2.24, 2.45) is 0 Å². The Hall–Kier alpha value is -3.07. The summed E-state index contributed by atoms with van der Waals surface area (Å²) in [4.78, 5) is 4.35. The highest BCUT2D eigenvalue weighted by Gasteiger charge is 2.15. The van der Waals surface area contributed by atoms with Crippen LogP contribution in [0.1, 0.15) is 5.69 Å². The lowest BCUT2D eigenvalue weighted by Gasteiger charge is -2.00. The van der Waals surface area contributed by atoms with Crippen molar-refractivity contribution in [3.05, 3.63) is 60.4 Å². The molecule has 3 aromatic heterocycles. The molecule has 0 aliphatic carbocycles. The van der Waals surface area contributed by atoms with E-state index in [4.69, 9.17) is 14.7 Å². The molecule has 0 saturated carbocycles. The maximum Gasteiger partial charge on any atom is 0.226 e. The number of benzene rings is 1. The van der Waals surface area contributed by atoms with Crippen LogP contribution in [0.5, 0.6) is 0 Å². The Morgan fingerprint density at radius 2 is 2.08 bits per heavy atom. The lowest BCUT2D eigenvalue weighted by Crippen LogP contribution is -2.11. The smallest absolute Gasteiger partial charge is 0.226 e. The maximum absolute atomic E-state index is 13.3. The number of aromatic nitrogens is 4. The second kappa shape index (κ2) is 6.44.